The number of para-hydroxylation sites is 2. The summed E-state index contributed by atoms with van der Waals surface area (Å²) < 4.78 is 16.2. The van der Waals surface area contributed by atoms with Crippen molar-refractivity contribution in [1.29, 1.82) is 0 Å². The van der Waals surface area contributed by atoms with Gasteiger partial charge in [-0.3, -0.25) is 0 Å². The molecule has 0 fully saturated rings. The Labute approximate surface area is 127 Å². The number of hydrogen-bond acceptors (Lipinski definition) is 5. The largest absolute Gasteiger partial charge is 0.493 e. The van der Waals surface area contributed by atoms with Crippen molar-refractivity contribution < 1.29 is 19.3 Å². The van der Waals surface area contributed by atoms with E-state index < -0.39 is 6.10 Å². The zero-order valence-corrected chi connectivity index (χ0v) is 13.2. The quantitative estimate of drug-likeness (QED) is 0.631. The lowest BCUT2D eigenvalue weighted by Gasteiger charge is -2.19. The van der Waals surface area contributed by atoms with Crippen LogP contribution in [-0.2, 0) is 4.74 Å². The van der Waals surface area contributed by atoms with Crippen LogP contribution in [0.4, 0.5) is 0 Å². The lowest BCUT2D eigenvalue weighted by atomic mass is 10.3. The van der Waals surface area contributed by atoms with Crippen LogP contribution >= 0.6 is 0 Å². The second kappa shape index (κ2) is 10.4. The Bertz CT molecular complexity index is 382. The number of aliphatic hydroxyl groups is 1. The van der Waals surface area contributed by atoms with Crippen molar-refractivity contribution in [3.8, 4) is 11.5 Å². The van der Waals surface area contributed by atoms with E-state index >= 15 is 0 Å². The van der Waals surface area contributed by atoms with Gasteiger partial charge in [-0.25, -0.2) is 0 Å². The SMILES string of the molecule is CCN(CC)CCOC[C@H](O)COc1ccccc1OC. The Kier molecular flexibility index (Phi) is 8.82. The van der Waals surface area contributed by atoms with Crippen molar-refractivity contribution in [2.45, 2.75) is 20.0 Å². The Morgan fingerprint density at radius 3 is 2.38 bits per heavy atom. The average molecular weight is 297 g/mol. The predicted molar refractivity (Wildman–Crippen MR) is 83.1 cm³/mol. The molecule has 0 aliphatic carbocycles. The maximum atomic E-state index is 9.85. The first kappa shape index (κ1) is 17.8. The van der Waals surface area contributed by atoms with Gasteiger partial charge in [0, 0.05) is 6.54 Å². The predicted octanol–water partition coefficient (Wildman–Crippen LogP) is 1.79. The summed E-state index contributed by atoms with van der Waals surface area (Å²) in [7, 11) is 1.59. The molecule has 1 N–H and O–H groups in total. The zero-order valence-electron chi connectivity index (χ0n) is 13.2. The summed E-state index contributed by atoms with van der Waals surface area (Å²) in [4.78, 5) is 2.28. The van der Waals surface area contributed by atoms with E-state index in [9.17, 15) is 5.11 Å². The fourth-order valence-corrected chi connectivity index (χ4v) is 1.92. The number of ether oxygens (including phenoxy) is 3. The van der Waals surface area contributed by atoms with E-state index in [4.69, 9.17) is 14.2 Å². The lowest BCUT2D eigenvalue weighted by Crippen LogP contribution is -2.29. The molecule has 120 valence electrons. The molecular formula is C16H27NO4. The molecule has 1 atom stereocenters. The maximum Gasteiger partial charge on any atom is 0.161 e. The number of aliphatic hydroxyl groups excluding tert-OH is 1. The summed E-state index contributed by atoms with van der Waals surface area (Å²) >= 11 is 0. The molecule has 0 heterocycles. The van der Waals surface area contributed by atoms with Crippen LogP contribution in [0.2, 0.25) is 0 Å². The molecule has 21 heavy (non-hydrogen) atoms. The minimum Gasteiger partial charge on any atom is -0.493 e. The van der Waals surface area contributed by atoms with Crippen molar-refractivity contribution in [1.82, 2.24) is 4.90 Å². The van der Waals surface area contributed by atoms with E-state index in [0.717, 1.165) is 19.6 Å². The summed E-state index contributed by atoms with van der Waals surface area (Å²) in [6.07, 6.45) is -0.647. The van der Waals surface area contributed by atoms with Gasteiger partial charge >= 0.3 is 0 Å². The highest BCUT2D eigenvalue weighted by Gasteiger charge is 2.08. The summed E-state index contributed by atoms with van der Waals surface area (Å²) in [6, 6.07) is 7.37. The van der Waals surface area contributed by atoms with Crippen molar-refractivity contribution in [3.63, 3.8) is 0 Å². The van der Waals surface area contributed by atoms with E-state index in [2.05, 4.69) is 18.7 Å². The van der Waals surface area contributed by atoms with E-state index in [0.29, 0.717) is 18.1 Å². The monoisotopic (exact) mass is 297 g/mol. The lowest BCUT2D eigenvalue weighted by molar-refractivity contribution is 0.00588. The number of methoxy groups -OCH3 is 1. The topological polar surface area (TPSA) is 51.2 Å². The average Bonchev–Trinajstić information content (AvgIpc) is 2.53. The van der Waals surface area contributed by atoms with Crippen LogP contribution in [0.15, 0.2) is 24.3 Å². The molecule has 5 nitrogen and oxygen atoms in total. The number of nitrogens with zero attached hydrogens (tertiary/aromatic N) is 1. The van der Waals surface area contributed by atoms with E-state index in [-0.39, 0.29) is 13.2 Å². The van der Waals surface area contributed by atoms with Gasteiger partial charge in [0.2, 0.25) is 0 Å². The Balaban J connectivity index is 2.20. The Hall–Kier alpha value is -1.30. The fourth-order valence-electron chi connectivity index (χ4n) is 1.92. The molecule has 0 saturated carbocycles. The highest BCUT2D eigenvalue weighted by Crippen LogP contribution is 2.25. The van der Waals surface area contributed by atoms with Crippen molar-refractivity contribution in [3.05, 3.63) is 24.3 Å². The van der Waals surface area contributed by atoms with Crippen LogP contribution in [0, 0.1) is 0 Å². The number of benzene rings is 1. The van der Waals surface area contributed by atoms with Gasteiger partial charge in [0.1, 0.15) is 12.7 Å². The van der Waals surface area contributed by atoms with Gasteiger partial charge in [-0.05, 0) is 25.2 Å². The molecular weight excluding hydrogens is 270 g/mol. The molecule has 0 aromatic heterocycles. The van der Waals surface area contributed by atoms with Crippen molar-refractivity contribution >= 4 is 0 Å². The molecule has 0 saturated heterocycles. The molecule has 5 heteroatoms. The van der Waals surface area contributed by atoms with Crippen LogP contribution < -0.4 is 9.47 Å². The highest BCUT2D eigenvalue weighted by atomic mass is 16.5. The van der Waals surface area contributed by atoms with Gasteiger partial charge < -0.3 is 24.2 Å². The van der Waals surface area contributed by atoms with E-state index in [1.54, 1.807) is 7.11 Å². The van der Waals surface area contributed by atoms with Crippen molar-refractivity contribution in [2.24, 2.45) is 0 Å². The van der Waals surface area contributed by atoms with Gasteiger partial charge in [0.25, 0.3) is 0 Å². The molecule has 0 radical (unpaired) electrons. The van der Waals surface area contributed by atoms with Gasteiger partial charge in [0.15, 0.2) is 11.5 Å². The first-order valence-electron chi connectivity index (χ1n) is 7.45. The minimum atomic E-state index is -0.647. The third-order valence-corrected chi connectivity index (χ3v) is 3.26. The third kappa shape index (κ3) is 6.80. The summed E-state index contributed by atoms with van der Waals surface area (Å²) in [5, 5.41) is 9.85. The normalized spacial score (nSPS) is 12.4. The molecule has 1 rings (SSSR count). The molecule has 1 aromatic carbocycles. The first-order chi connectivity index (χ1) is 10.2. The van der Waals surface area contributed by atoms with Crippen LogP contribution in [0.5, 0.6) is 11.5 Å². The highest BCUT2D eigenvalue weighted by molar-refractivity contribution is 5.39. The van der Waals surface area contributed by atoms with Crippen molar-refractivity contribution in [2.75, 3.05) is 46.6 Å². The summed E-state index contributed by atoms with van der Waals surface area (Å²) in [5.41, 5.74) is 0. The first-order valence-corrected chi connectivity index (χ1v) is 7.45. The second-order valence-corrected chi connectivity index (χ2v) is 4.72. The second-order valence-electron chi connectivity index (χ2n) is 4.72. The minimum absolute atomic E-state index is 0.186. The van der Waals surface area contributed by atoms with Gasteiger partial charge in [-0.2, -0.15) is 0 Å². The van der Waals surface area contributed by atoms with Crippen LogP contribution in [0.25, 0.3) is 0 Å². The van der Waals surface area contributed by atoms with E-state index in [1.807, 2.05) is 24.3 Å². The number of rotatable bonds is 11. The van der Waals surface area contributed by atoms with Gasteiger partial charge in [-0.1, -0.05) is 26.0 Å². The third-order valence-electron chi connectivity index (χ3n) is 3.26. The molecule has 0 unspecified atom stereocenters. The Morgan fingerprint density at radius 2 is 1.76 bits per heavy atom. The standard InChI is InChI=1S/C16H27NO4/c1-4-17(5-2)10-11-20-12-14(18)13-21-16-9-7-6-8-15(16)19-3/h6-9,14,18H,4-5,10-13H2,1-3H3/t14-/m0/s1. The molecule has 0 aliphatic rings. The molecule has 0 spiro atoms. The van der Waals surface area contributed by atoms with Gasteiger partial charge in [0.05, 0.1) is 20.3 Å². The summed E-state index contributed by atoms with van der Waals surface area (Å²) in [6.45, 7) is 8.24. The molecule has 0 bridgehead atoms. The zero-order chi connectivity index (χ0) is 15.5. The van der Waals surface area contributed by atoms with Crippen LogP contribution in [0.1, 0.15) is 13.8 Å². The van der Waals surface area contributed by atoms with Crippen LogP contribution in [-0.4, -0.2) is 62.7 Å². The molecule has 0 amide bonds. The Morgan fingerprint density at radius 1 is 1.10 bits per heavy atom. The van der Waals surface area contributed by atoms with Gasteiger partial charge in [-0.15, -0.1) is 0 Å². The molecule has 0 aliphatic heterocycles. The number of hydrogen-bond donors (Lipinski definition) is 1. The van der Waals surface area contributed by atoms with E-state index in [1.165, 1.54) is 0 Å². The summed E-state index contributed by atoms with van der Waals surface area (Å²) in [5.74, 6) is 1.29. The molecule has 1 aromatic rings. The maximum absolute atomic E-state index is 9.85. The smallest absolute Gasteiger partial charge is 0.161 e. The van der Waals surface area contributed by atoms with Crippen LogP contribution in [0.3, 0.4) is 0 Å². The fraction of sp³-hybridized carbons (Fsp3) is 0.625. The number of likely N-dealkylation sites (N-methyl/N-ethyl adjacent to an activating group) is 1.